The van der Waals surface area contributed by atoms with Gasteiger partial charge in [-0.1, -0.05) is 78.9 Å². The lowest BCUT2D eigenvalue weighted by atomic mass is 10.0. The van der Waals surface area contributed by atoms with Crippen LogP contribution in [0.5, 0.6) is 5.75 Å². The molecule has 0 bridgehead atoms. The van der Waals surface area contributed by atoms with E-state index in [2.05, 4.69) is 30.3 Å². The van der Waals surface area contributed by atoms with Gasteiger partial charge in [-0.25, -0.2) is 9.67 Å². The number of rotatable bonds is 5. The molecular weight excluding hydrogens is 382 g/mol. The van der Waals surface area contributed by atoms with Gasteiger partial charge in [-0.05, 0) is 41.5 Å². The summed E-state index contributed by atoms with van der Waals surface area (Å²) in [6, 6.07) is 36.7. The predicted molar refractivity (Wildman–Crippen MR) is 124 cm³/mol. The lowest BCUT2D eigenvalue weighted by Gasteiger charge is -2.07. The third kappa shape index (κ3) is 3.83. The second-order valence-electron chi connectivity index (χ2n) is 7.18. The minimum absolute atomic E-state index is 0.687. The van der Waals surface area contributed by atoms with Gasteiger partial charge in [-0.2, -0.15) is 0 Å². The maximum absolute atomic E-state index is 5.30. The summed E-state index contributed by atoms with van der Waals surface area (Å²) < 4.78 is 7.19. The molecule has 0 N–H and O–H groups in total. The quantitative estimate of drug-likeness (QED) is 0.347. The third-order valence-electron chi connectivity index (χ3n) is 5.18. The molecule has 0 saturated heterocycles. The molecule has 4 nitrogen and oxygen atoms in total. The van der Waals surface area contributed by atoms with Crippen LogP contribution < -0.4 is 4.74 Å². The lowest BCUT2D eigenvalue weighted by molar-refractivity contribution is 0.414. The number of hydrogen-bond acceptors (Lipinski definition) is 3. The molecule has 4 aromatic carbocycles. The number of benzene rings is 4. The van der Waals surface area contributed by atoms with E-state index >= 15 is 0 Å². The van der Waals surface area contributed by atoms with Crippen molar-refractivity contribution in [3.63, 3.8) is 0 Å². The first-order valence-electron chi connectivity index (χ1n) is 10.1. The summed E-state index contributed by atoms with van der Waals surface area (Å²) in [5.41, 5.74) is 5.22. The van der Waals surface area contributed by atoms with Gasteiger partial charge in [0, 0.05) is 11.1 Å². The summed E-state index contributed by atoms with van der Waals surface area (Å²) in [6.45, 7) is 0. The summed E-state index contributed by atoms with van der Waals surface area (Å²) in [4.78, 5) is 4.93. The first-order valence-corrected chi connectivity index (χ1v) is 10.1. The maximum atomic E-state index is 5.30. The number of methoxy groups -OCH3 is 1. The van der Waals surface area contributed by atoms with Crippen LogP contribution in [0.15, 0.2) is 109 Å². The molecule has 0 aliphatic rings. The molecule has 0 aliphatic carbocycles. The van der Waals surface area contributed by atoms with E-state index in [1.807, 2.05) is 83.5 Å². The monoisotopic (exact) mass is 403 g/mol. The molecule has 0 unspecified atom stereocenters. The Bertz CT molecular complexity index is 1290. The molecule has 31 heavy (non-hydrogen) atoms. The van der Waals surface area contributed by atoms with E-state index in [9.17, 15) is 0 Å². The van der Waals surface area contributed by atoms with Crippen LogP contribution in [0.4, 0.5) is 0 Å². The van der Waals surface area contributed by atoms with Crippen molar-refractivity contribution >= 4 is 0 Å². The molecule has 4 heteroatoms. The van der Waals surface area contributed by atoms with Gasteiger partial charge in [0.15, 0.2) is 11.6 Å². The summed E-state index contributed by atoms with van der Waals surface area (Å²) in [5, 5.41) is 4.88. The van der Waals surface area contributed by atoms with Gasteiger partial charge in [0.05, 0.1) is 12.8 Å². The molecule has 1 heterocycles. The van der Waals surface area contributed by atoms with Gasteiger partial charge < -0.3 is 4.74 Å². The van der Waals surface area contributed by atoms with E-state index in [0.29, 0.717) is 5.82 Å². The lowest BCUT2D eigenvalue weighted by Crippen LogP contribution is -1.99. The molecule has 5 rings (SSSR count). The van der Waals surface area contributed by atoms with Crippen molar-refractivity contribution in [1.82, 2.24) is 14.8 Å². The van der Waals surface area contributed by atoms with Crippen molar-refractivity contribution in [2.24, 2.45) is 0 Å². The highest BCUT2D eigenvalue weighted by Gasteiger charge is 2.15. The Morgan fingerprint density at radius 1 is 0.613 bits per heavy atom. The van der Waals surface area contributed by atoms with E-state index in [1.165, 1.54) is 5.56 Å². The summed E-state index contributed by atoms with van der Waals surface area (Å²) in [7, 11) is 1.66. The van der Waals surface area contributed by atoms with E-state index in [1.54, 1.807) is 7.11 Å². The average molecular weight is 403 g/mol. The van der Waals surface area contributed by atoms with Crippen molar-refractivity contribution in [2.75, 3.05) is 7.11 Å². The Kier molecular flexibility index (Phi) is 5.03. The van der Waals surface area contributed by atoms with Crippen LogP contribution in [0.25, 0.3) is 39.6 Å². The standard InChI is InChI=1S/C27H21N3O/c1-31-25-17-15-24(16-18-25)30-27(21-11-6-3-7-12-21)28-26(29-30)23-14-8-13-22(19-23)20-9-4-2-5-10-20/h2-19H,1H3. The van der Waals surface area contributed by atoms with Crippen molar-refractivity contribution in [1.29, 1.82) is 0 Å². The summed E-state index contributed by atoms with van der Waals surface area (Å²) in [6.07, 6.45) is 0. The van der Waals surface area contributed by atoms with Gasteiger partial charge in [-0.15, -0.1) is 5.10 Å². The summed E-state index contributed by atoms with van der Waals surface area (Å²) >= 11 is 0. The molecule has 0 fully saturated rings. The number of ether oxygens (including phenoxy) is 1. The highest BCUT2D eigenvalue weighted by molar-refractivity contribution is 5.71. The molecule has 1 aromatic heterocycles. The zero-order valence-electron chi connectivity index (χ0n) is 17.1. The van der Waals surface area contributed by atoms with Gasteiger partial charge >= 0.3 is 0 Å². The zero-order chi connectivity index (χ0) is 21.0. The number of aromatic nitrogens is 3. The van der Waals surface area contributed by atoms with Crippen molar-refractivity contribution in [3.05, 3.63) is 109 Å². The van der Waals surface area contributed by atoms with Crippen molar-refractivity contribution in [3.8, 4) is 45.3 Å². The van der Waals surface area contributed by atoms with Gasteiger partial charge in [0.2, 0.25) is 0 Å². The van der Waals surface area contributed by atoms with Gasteiger partial charge in [-0.3, -0.25) is 0 Å². The largest absolute Gasteiger partial charge is 0.497 e. The second-order valence-corrected chi connectivity index (χ2v) is 7.18. The molecule has 5 aromatic rings. The van der Waals surface area contributed by atoms with Crippen LogP contribution in [0, 0.1) is 0 Å². The van der Waals surface area contributed by atoms with Crippen molar-refractivity contribution in [2.45, 2.75) is 0 Å². The molecule has 0 atom stereocenters. The van der Waals surface area contributed by atoms with E-state index in [4.69, 9.17) is 14.8 Å². The topological polar surface area (TPSA) is 39.9 Å². The average Bonchev–Trinajstić information content (AvgIpc) is 3.31. The minimum Gasteiger partial charge on any atom is -0.497 e. The Labute approximate surface area is 181 Å². The predicted octanol–water partition coefficient (Wildman–Crippen LogP) is 6.28. The fraction of sp³-hybridized carbons (Fsp3) is 0.0370. The first-order chi connectivity index (χ1) is 15.3. The van der Waals surface area contributed by atoms with Crippen LogP contribution >= 0.6 is 0 Å². The maximum Gasteiger partial charge on any atom is 0.182 e. The second kappa shape index (κ2) is 8.28. The van der Waals surface area contributed by atoms with Crippen LogP contribution in [0.1, 0.15) is 0 Å². The smallest absolute Gasteiger partial charge is 0.182 e. The molecule has 0 amide bonds. The Hall–Kier alpha value is -4.18. The van der Waals surface area contributed by atoms with Gasteiger partial charge in [0.25, 0.3) is 0 Å². The van der Waals surface area contributed by atoms with Crippen LogP contribution in [-0.2, 0) is 0 Å². The fourth-order valence-electron chi connectivity index (χ4n) is 3.58. The highest BCUT2D eigenvalue weighted by atomic mass is 16.5. The Balaban J connectivity index is 1.63. The van der Waals surface area contributed by atoms with Crippen LogP contribution in [0.2, 0.25) is 0 Å². The molecule has 0 radical (unpaired) electrons. The molecule has 0 aliphatic heterocycles. The van der Waals surface area contributed by atoms with Crippen LogP contribution in [-0.4, -0.2) is 21.9 Å². The van der Waals surface area contributed by atoms with Crippen LogP contribution in [0.3, 0.4) is 0 Å². The molecular formula is C27H21N3O. The van der Waals surface area contributed by atoms with Crippen molar-refractivity contribution < 1.29 is 4.74 Å². The Morgan fingerprint density at radius 2 is 1.23 bits per heavy atom. The first kappa shape index (κ1) is 18.8. The number of nitrogens with zero attached hydrogens (tertiary/aromatic N) is 3. The Morgan fingerprint density at radius 3 is 1.90 bits per heavy atom. The van der Waals surface area contributed by atoms with E-state index in [-0.39, 0.29) is 0 Å². The SMILES string of the molecule is COc1ccc(-n2nc(-c3cccc(-c4ccccc4)c3)nc2-c2ccccc2)cc1. The van der Waals surface area contributed by atoms with E-state index in [0.717, 1.165) is 34.0 Å². The minimum atomic E-state index is 0.687. The molecule has 0 spiro atoms. The normalized spacial score (nSPS) is 10.7. The van der Waals surface area contributed by atoms with Gasteiger partial charge in [0.1, 0.15) is 5.75 Å². The molecule has 150 valence electrons. The molecule has 0 saturated carbocycles. The zero-order valence-corrected chi connectivity index (χ0v) is 17.1. The number of hydrogen-bond donors (Lipinski definition) is 0. The third-order valence-corrected chi connectivity index (χ3v) is 5.18. The van der Waals surface area contributed by atoms with E-state index < -0.39 is 0 Å². The fourth-order valence-corrected chi connectivity index (χ4v) is 3.58. The highest BCUT2D eigenvalue weighted by Crippen LogP contribution is 2.28. The summed E-state index contributed by atoms with van der Waals surface area (Å²) in [5.74, 6) is 2.29.